The molecule has 0 aliphatic carbocycles. The van der Waals surface area contributed by atoms with Crippen molar-refractivity contribution in [2.24, 2.45) is 5.92 Å². The third-order valence-corrected chi connectivity index (χ3v) is 5.34. The second-order valence-electron chi connectivity index (χ2n) is 7.20. The van der Waals surface area contributed by atoms with Crippen molar-refractivity contribution in [1.82, 2.24) is 0 Å². The summed E-state index contributed by atoms with van der Waals surface area (Å²) in [5.74, 6) is -1.28. The van der Waals surface area contributed by atoms with E-state index in [1.807, 2.05) is 6.08 Å². The molecule has 0 spiro atoms. The molecule has 1 unspecified atom stereocenters. The molecule has 5 atom stereocenters. The first-order valence-corrected chi connectivity index (χ1v) is 7.91. The van der Waals surface area contributed by atoms with Crippen LogP contribution in [-0.2, 0) is 9.53 Å². The van der Waals surface area contributed by atoms with Crippen molar-refractivity contribution in [2.75, 3.05) is 26.7 Å². The Morgan fingerprint density at radius 2 is 2.14 bits per heavy atom. The Balaban J connectivity index is 2.03. The van der Waals surface area contributed by atoms with Crippen LogP contribution in [0.25, 0.3) is 0 Å². The van der Waals surface area contributed by atoms with Crippen LogP contribution >= 0.6 is 0 Å². The number of nitrogens with zero attached hydrogens (tertiary/aromatic N) is 1. The first-order chi connectivity index (χ1) is 10.1. The van der Waals surface area contributed by atoms with E-state index in [1.54, 1.807) is 13.8 Å². The lowest BCUT2D eigenvalue weighted by Gasteiger charge is -2.33. The topological polar surface area (TPSA) is 87.0 Å². The highest BCUT2D eigenvalue weighted by molar-refractivity contribution is 5.80. The number of aliphatic hydroxyl groups is 3. The van der Waals surface area contributed by atoms with Gasteiger partial charge in [-0.2, -0.15) is 0 Å². The van der Waals surface area contributed by atoms with Crippen molar-refractivity contribution >= 4 is 5.97 Å². The van der Waals surface area contributed by atoms with Crippen molar-refractivity contribution < 1.29 is 29.3 Å². The fraction of sp³-hybridized carbons (Fsp3) is 0.812. The molecule has 3 N–H and O–H groups in total. The highest BCUT2D eigenvalue weighted by atomic mass is 16.6. The van der Waals surface area contributed by atoms with Gasteiger partial charge in [-0.05, 0) is 18.9 Å². The van der Waals surface area contributed by atoms with Crippen molar-refractivity contribution in [2.45, 2.75) is 51.0 Å². The van der Waals surface area contributed by atoms with Gasteiger partial charge in [0, 0.05) is 12.0 Å². The van der Waals surface area contributed by atoms with Crippen LogP contribution in [0.3, 0.4) is 0 Å². The smallest absolute Gasteiger partial charge is 0.341 e. The normalized spacial score (nSPS) is 35.0. The van der Waals surface area contributed by atoms with Crippen molar-refractivity contribution in [3.05, 3.63) is 11.6 Å². The molecule has 6 nitrogen and oxygen atoms in total. The summed E-state index contributed by atoms with van der Waals surface area (Å²) in [5, 5.41) is 30.3. The largest absolute Gasteiger partial charge is 0.459 e. The molecule has 126 valence electrons. The number of ether oxygens (including phenoxy) is 1. The Labute approximate surface area is 131 Å². The molecule has 0 aromatic heterocycles. The zero-order valence-electron chi connectivity index (χ0n) is 13.8. The molecule has 0 aromatic carbocycles. The number of quaternary nitrogens is 1. The number of carbonyl (C=O) groups excluding carboxylic acids is 1. The first-order valence-electron chi connectivity index (χ1n) is 7.91. The van der Waals surface area contributed by atoms with Crippen molar-refractivity contribution in [3.8, 4) is 0 Å². The quantitative estimate of drug-likeness (QED) is 0.372. The Bertz CT molecular complexity index is 465. The molecule has 1 saturated heterocycles. The van der Waals surface area contributed by atoms with Gasteiger partial charge in [0.1, 0.15) is 18.8 Å². The van der Waals surface area contributed by atoms with Gasteiger partial charge in [0.25, 0.3) is 0 Å². The van der Waals surface area contributed by atoms with E-state index in [-0.39, 0.29) is 12.6 Å². The second-order valence-corrected chi connectivity index (χ2v) is 7.20. The SMILES string of the molecule is CC(C)[C@@](O)(C(=O)OCC1=CC[N+]2(C)CC[C@H](O)[C@@H]12)[C@H](C)O. The summed E-state index contributed by atoms with van der Waals surface area (Å²) >= 11 is 0. The fourth-order valence-electron chi connectivity index (χ4n) is 3.74. The number of carbonyl (C=O) groups is 1. The maximum Gasteiger partial charge on any atom is 0.341 e. The molecule has 22 heavy (non-hydrogen) atoms. The zero-order valence-corrected chi connectivity index (χ0v) is 13.8. The third-order valence-electron chi connectivity index (χ3n) is 5.34. The van der Waals surface area contributed by atoms with E-state index in [0.717, 1.165) is 29.6 Å². The minimum atomic E-state index is -1.91. The number of likely N-dealkylation sites (N-methyl/N-ethyl adjacent to an activating group) is 1. The van der Waals surface area contributed by atoms with Crippen LogP contribution in [-0.4, -0.2) is 76.4 Å². The second kappa shape index (κ2) is 5.92. The van der Waals surface area contributed by atoms with Crippen LogP contribution in [0.15, 0.2) is 11.6 Å². The summed E-state index contributed by atoms with van der Waals surface area (Å²) in [5.41, 5.74) is -1.01. The minimum Gasteiger partial charge on any atom is -0.459 e. The predicted octanol–water partition coefficient (Wildman–Crippen LogP) is -0.183. The number of rotatable bonds is 5. The minimum absolute atomic E-state index is 0.0357. The van der Waals surface area contributed by atoms with Gasteiger partial charge in [-0.3, -0.25) is 0 Å². The molecule has 0 aromatic rings. The average Bonchev–Trinajstić information content (AvgIpc) is 2.92. The molecular weight excluding hydrogens is 286 g/mol. The summed E-state index contributed by atoms with van der Waals surface area (Å²) in [7, 11) is 2.09. The molecule has 6 heteroatoms. The summed E-state index contributed by atoms with van der Waals surface area (Å²) in [4.78, 5) is 12.2. The maximum atomic E-state index is 12.2. The molecule has 2 heterocycles. The van der Waals surface area contributed by atoms with Crippen LogP contribution in [0.4, 0.5) is 0 Å². The van der Waals surface area contributed by atoms with E-state index < -0.39 is 29.7 Å². The van der Waals surface area contributed by atoms with E-state index in [9.17, 15) is 20.1 Å². The maximum absolute atomic E-state index is 12.2. The monoisotopic (exact) mass is 314 g/mol. The number of hydrogen-bond acceptors (Lipinski definition) is 5. The zero-order chi connectivity index (χ0) is 16.7. The fourth-order valence-corrected chi connectivity index (χ4v) is 3.74. The summed E-state index contributed by atoms with van der Waals surface area (Å²) in [6.07, 6.45) is 1.13. The van der Waals surface area contributed by atoms with Gasteiger partial charge in [-0.1, -0.05) is 13.8 Å². The molecular formula is C16H28NO5+. The third kappa shape index (κ3) is 2.69. The molecule has 1 fully saturated rings. The lowest BCUT2D eigenvalue weighted by atomic mass is 9.85. The van der Waals surface area contributed by atoms with E-state index >= 15 is 0 Å². The number of esters is 1. The Morgan fingerprint density at radius 1 is 1.50 bits per heavy atom. The number of aliphatic hydroxyl groups excluding tert-OH is 2. The number of hydrogen-bond donors (Lipinski definition) is 3. The van der Waals surface area contributed by atoms with Crippen LogP contribution in [0.2, 0.25) is 0 Å². The number of fused-ring (bicyclic) bond motifs is 1. The van der Waals surface area contributed by atoms with Gasteiger partial charge >= 0.3 is 5.97 Å². The summed E-state index contributed by atoms with van der Waals surface area (Å²) in [6.45, 7) is 6.48. The van der Waals surface area contributed by atoms with E-state index in [4.69, 9.17) is 4.74 Å². The highest BCUT2D eigenvalue weighted by Crippen LogP contribution is 2.35. The van der Waals surface area contributed by atoms with Crippen LogP contribution in [0, 0.1) is 5.92 Å². The highest BCUT2D eigenvalue weighted by Gasteiger charge is 2.51. The lowest BCUT2D eigenvalue weighted by Crippen LogP contribution is -2.54. The van der Waals surface area contributed by atoms with Gasteiger partial charge < -0.3 is 24.5 Å². The molecule has 0 bridgehead atoms. The van der Waals surface area contributed by atoms with Crippen LogP contribution in [0.5, 0.6) is 0 Å². The van der Waals surface area contributed by atoms with Crippen molar-refractivity contribution in [3.63, 3.8) is 0 Å². The summed E-state index contributed by atoms with van der Waals surface area (Å²) < 4.78 is 6.03. The van der Waals surface area contributed by atoms with E-state index in [2.05, 4.69) is 7.05 Å². The van der Waals surface area contributed by atoms with Gasteiger partial charge in [-0.15, -0.1) is 0 Å². The molecule has 0 radical (unpaired) electrons. The lowest BCUT2D eigenvalue weighted by molar-refractivity contribution is -0.906. The predicted molar refractivity (Wildman–Crippen MR) is 80.8 cm³/mol. The van der Waals surface area contributed by atoms with Gasteiger partial charge in [0.15, 0.2) is 5.60 Å². The Hall–Kier alpha value is -0.950. The molecule has 2 aliphatic heterocycles. The van der Waals surface area contributed by atoms with Crippen LogP contribution in [0.1, 0.15) is 27.2 Å². The van der Waals surface area contributed by atoms with Gasteiger partial charge in [0.2, 0.25) is 0 Å². The Kier molecular flexibility index (Phi) is 4.69. The molecule has 2 rings (SSSR count). The molecule has 0 saturated carbocycles. The van der Waals surface area contributed by atoms with Gasteiger partial charge in [-0.25, -0.2) is 4.79 Å². The van der Waals surface area contributed by atoms with Gasteiger partial charge in [0.05, 0.1) is 26.2 Å². The van der Waals surface area contributed by atoms with E-state index in [0.29, 0.717) is 0 Å². The van der Waals surface area contributed by atoms with Crippen molar-refractivity contribution in [1.29, 1.82) is 0 Å². The standard InChI is InChI=1S/C16H28NO5/c1-10(2)16(21,11(3)18)15(20)22-9-12-5-7-17(4)8-6-13(19)14(12)17/h5,10-11,13-14,18-19,21H,6-9H2,1-4H3/q+1/t11-,13-,14+,16-,17?/m0/s1. The molecule has 2 aliphatic rings. The van der Waals surface area contributed by atoms with Crippen LogP contribution < -0.4 is 0 Å². The average molecular weight is 314 g/mol. The Morgan fingerprint density at radius 3 is 2.68 bits per heavy atom. The van der Waals surface area contributed by atoms with E-state index in [1.165, 1.54) is 6.92 Å². The first kappa shape index (κ1) is 17.4. The summed E-state index contributed by atoms with van der Waals surface area (Å²) in [6, 6.07) is -0.0357. The molecule has 0 amide bonds.